The molecule has 3 heterocycles. The van der Waals surface area contributed by atoms with Crippen molar-refractivity contribution in [3.05, 3.63) is 36.4 Å². The number of methoxy groups -OCH3 is 1. The summed E-state index contributed by atoms with van der Waals surface area (Å²) in [6, 6.07) is 8.29. The van der Waals surface area contributed by atoms with E-state index < -0.39 is 0 Å². The molecule has 1 aromatic carbocycles. The Morgan fingerprint density at radius 3 is 3.17 bits per heavy atom. The molecule has 3 aliphatic rings. The third-order valence-electron chi connectivity index (χ3n) is 4.47. The van der Waals surface area contributed by atoms with E-state index in [2.05, 4.69) is 29.2 Å². The molecule has 3 aliphatic heterocycles. The van der Waals surface area contributed by atoms with Gasteiger partial charge in [0.2, 0.25) is 0 Å². The van der Waals surface area contributed by atoms with E-state index in [1.807, 2.05) is 12.1 Å². The Hall–Kier alpha value is -1.48. The van der Waals surface area contributed by atoms with E-state index >= 15 is 0 Å². The highest BCUT2D eigenvalue weighted by Crippen LogP contribution is 2.48. The van der Waals surface area contributed by atoms with Gasteiger partial charge in [-0.25, -0.2) is 0 Å². The maximum Gasteiger partial charge on any atom is 0.120 e. The van der Waals surface area contributed by atoms with Crippen LogP contribution < -0.4 is 9.64 Å². The molecule has 0 saturated carbocycles. The zero-order chi connectivity index (χ0) is 12.2. The SMILES string of the molecule is COc1cccc(N2C[C@H]3C[C@@H]4C=C[C@@]3(C2)O4)c1. The molecule has 2 bridgehead atoms. The van der Waals surface area contributed by atoms with Crippen molar-refractivity contribution in [2.45, 2.75) is 18.1 Å². The second-order valence-electron chi connectivity index (χ2n) is 5.49. The van der Waals surface area contributed by atoms with Gasteiger partial charge in [0, 0.05) is 24.2 Å². The van der Waals surface area contributed by atoms with Crippen LogP contribution in [0.3, 0.4) is 0 Å². The summed E-state index contributed by atoms with van der Waals surface area (Å²) in [5.41, 5.74) is 1.23. The number of fused-ring (bicyclic) bond motifs is 1. The minimum absolute atomic E-state index is 0.00621. The van der Waals surface area contributed by atoms with Gasteiger partial charge in [-0.05, 0) is 18.6 Å². The van der Waals surface area contributed by atoms with Gasteiger partial charge >= 0.3 is 0 Å². The van der Waals surface area contributed by atoms with Crippen molar-refractivity contribution in [2.24, 2.45) is 5.92 Å². The number of hydrogen-bond acceptors (Lipinski definition) is 3. The first-order valence-corrected chi connectivity index (χ1v) is 6.55. The smallest absolute Gasteiger partial charge is 0.120 e. The van der Waals surface area contributed by atoms with Crippen LogP contribution in [0.15, 0.2) is 36.4 Å². The van der Waals surface area contributed by atoms with E-state index in [0.29, 0.717) is 12.0 Å². The summed E-state index contributed by atoms with van der Waals surface area (Å²) < 4.78 is 11.4. The molecule has 1 spiro atoms. The van der Waals surface area contributed by atoms with Gasteiger partial charge in [-0.3, -0.25) is 0 Å². The molecule has 94 valence electrons. The minimum Gasteiger partial charge on any atom is -0.497 e. The van der Waals surface area contributed by atoms with Crippen LogP contribution in [0.1, 0.15) is 6.42 Å². The largest absolute Gasteiger partial charge is 0.497 e. The normalized spacial score (nSPS) is 36.2. The van der Waals surface area contributed by atoms with Crippen LogP contribution in [0.2, 0.25) is 0 Å². The fourth-order valence-electron chi connectivity index (χ4n) is 3.55. The molecule has 4 rings (SSSR count). The lowest BCUT2D eigenvalue weighted by atomic mass is 9.86. The van der Waals surface area contributed by atoms with Crippen LogP contribution in [0, 0.1) is 5.92 Å². The van der Waals surface area contributed by atoms with Crippen molar-refractivity contribution in [3.63, 3.8) is 0 Å². The average molecular weight is 243 g/mol. The molecule has 2 saturated heterocycles. The highest BCUT2D eigenvalue weighted by Gasteiger charge is 2.55. The Kier molecular flexibility index (Phi) is 2.04. The Bertz CT molecular complexity index is 513. The highest BCUT2D eigenvalue weighted by atomic mass is 16.5. The molecule has 1 aromatic rings. The predicted octanol–water partition coefficient (Wildman–Crippen LogP) is 2.23. The molecular weight excluding hydrogens is 226 g/mol. The molecule has 3 heteroatoms. The summed E-state index contributed by atoms with van der Waals surface area (Å²) in [4.78, 5) is 2.42. The first-order valence-electron chi connectivity index (χ1n) is 6.55. The minimum atomic E-state index is -0.00621. The van der Waals surface area contributed by atoms with Crippen molar-refractivity contribution < 1.29 is 9.47 Å². The molecule has 0 unspecified atom stereocenters. The van der Waals surface area contributed by atoms with Crippen molar-refractivity contribution in [1.82, 2.24) is 0 Å². The maximum atomic E-state index is 6.11. The van der Waals surface area contributed by atoms with Crippen LogP contribution in [-0.4, -0.2) is 31.9 Å². The van der Waals surface area contributed by atoms with Crippen LogP contribution in [0.5, 0.6) is 5.75 Å². The topological polar surface area (TPSA) is 21.7 Å². The van der Waals surface area contributed by atoms with E-state index in [9.17, 15) is 0 Å². The number of ether oxygens (including phenoxy) is 2. The maximum absolute atomic E-state index is 6.11. The second-order valence-corrected chi connectivity index (χ2v) is 5.49. The van der Waals surface area contributed by atoms with Gasteiger partial charge in [0.1, 0.15) is 11.4 Å². The zero-order valence-electron chi connectivity index (χ0n) is 10.5. The Morgan fingerprint density at radius 2 is 2.39 bits per heavy atom. The van der Waals surface area contributed by atoms with Crippen LogP contribution in [0.4, 0.5) is 5.69 Å². The van der Waals surface area contributed by atoms with E-state index in [-0.39, 0.29) is 5.60 Å². The number of anilines is 1. The number of benzene rings is 1. The van der Waals surface area contributed by atoms with Crippen molar-refractivity contribution >= 4 is 5.69 Å². The summed E-state index contributed by atoms with van der Waals surface area (Å²) in [5.74, 6) is 1.57. The predicted molar refractivity (Wildman–Crippen MR) is 70.1 cm³/mol. The molecule has 3 atom stereocenters. The lowest BCUT2D eigenvalue weighted by Gasteiger charge is -2.23. The fraction of sp³-hybridized carbons (Fsp3) is 0.467. The lowest BCUT2D eigenvalue weighted by molar-refractivity contribution is 0.0351. The summed E-state index contributed by atoms with van der Waals surface area (Å²) in [6.45, 7) is 2.06. The average Bonchev–Trinajstić information content (AvgIpc) is 3.05. The van der Waals surface area contributed by atoms with Gasteiger partial charge in [0.15, 0.2) is 0 Å². The van der Waals surface area contributed by atoms with Crippen LogP contribution >= 0.6 is 0 Å². The summed E-state index contributed by atoms with van der Waals surface area (Å²) in [5, 5.41) is 0. The number of nitrogens with zero attached hydrogens (tertiary/aromatic N) is 1. The monoisotopic (exact) mass is 243 g/mol. The van der Waals surface area contributed by atoms with Crippen molar-refractivity contribution in [1.29, 1.82) is 0 Å². The summed E-state index contributed by atoms with van der Waals surface area (Å²) in [7, 11) is 1.71. The molecular formula is C15H17NO2. The number of rotatable bonds is 2. The molecule has 0 amide bonds. The van der Waals surface area contributed by atoms with Crippen molar-refractivity contribution in [2.75, 3.05) is 25.1 Å². The fourth-order valence-corrected chi connectivity index (χ4v) is 3.55. The highest BCUT2D eigenvalue weighted by molar-refractivity contribution is 5.53. The van der Waals surface area contributed by atoms with Gasteiger partial charge in [-0.2, -0.15) is 0 Å². The van der Waals surface area contributed by atoms with E-state index in [1.54, 1.807) is 7.11 Å². The quantitative estimate of drug-likeness (QED) is 0.743. The summed E-state index contributed by atoms with van der Waals surface area (Å²) in [6.07, 6.45) is 6.07. The van der Waals surface area contributed by atoms with E-state index in [0.717, 1.165) is 18.8 Å². The Balaban J connectivity index is 1.62. The second kappa shape index (κ2) is 3.51. The standard InChI is InChI=1S/C15H17NO2/c1-17-13-4-2-3-12(8-13)16-9-11-7-14-5-6-15(11,10-16)18-14/h2-6,8,11,14H,7,9-10H2,1H3/t11-,14+,15+/m1/s1. The van der Waals surface area contributed by atoms with Gasteiger partial charge in [0.25, 0.3) is 0 Å². The molecule has 2 fully saturated rings. The zero-order valence-corrected chi connectivity index (χ0v) is 10.5. The van der Waals surface area contributed by atoms with E-state index in [4.69, 9.17) is 9.47 Å². The van der Waals surface area contributed by atoms with Gasteiger partial charge < -0.3 is 14.4 Å². The van der Waals surface area contributed by atoms with Crippen LogP contribution in [0.25, 0.3) is 0 Å². The molecule has 0 N–H and O–H groups in total. The van der Waals surface area contributed by atoms with Crippen molar-refractivity contribution in [3.8, 4) is 5.75 Å². The van der Waals surface area contributed by atoms with Crippen LogP contribution in [-0.2, 0) is 4.74 Å². The third-order valence-corrected chi connectivity index (χ3v) is 4.47. The number of hydrogen-bond donors (Lipinski definition) is 0. The van der Waals surface area contributed by atoms with Gasteiger partial charge in [-0.1, -0.05) is 18.2 Å². The molecule has 0 radical (unpaired) electrons. The Labute approximate surface area is 107 Å². The first kappa shape index (κ1) is 10.4. The summed E-state index contributed by atoms with van der Waals surface area (Å²) >= 11 is 0. The van der Waals surface area contributed by atoms with Gasteiger partial charge in [0.05, 0.1) is 19.8 Å². The lowest BCUT2D eigenvalue weighted by Crippen LogP contribution is -2.33. The third kappa shape index (κ3) is 1.34. The Morgan fingerprint density at radius 1 is 1.44 bits per heavy atom. The molecule has 18 heavy (non-hydrogen) atoms. The molecule has 0 aliphatic carbocycles. The van der Waals surface area contributed by atoms with Gasteiger partial charge in [-0.15, -0.1) is 0 Å². The molecule has 3 nitrogen and oxygen atoms in total. The van der Waals surface area contributed by atoms with E-state index in [1.165, 1.54) is 12.1 Å². The first-order chi connectivity index (χ1) is 8.79. The molecule has 0 aromatic heterocycles.